The van der Waals surface area contributed by atoms with Gasteiger partial charge in [-0.15, -0.1) is 0 Å². The topological polar surface area (TPSA) is 79.5 Å². The number of halogens is 1. The van der Waals surface area contributed by atoms with Gasteiger partial charge in [0.1, 0.15) is 5.75 Å². The number of hydrazine groups is 1. The molecule has 2 rings (SSSR count). The van der Waals surface area contributed by atoms with Crippen LogP contribution in [0.3, 0.4) is 0 Å². The van der Waals surface area contributed by atoms with Crippen LogP contribution < -0.4 is 20.9 Å². The number of thiocarbonyl (C=S) groups is 1. The Morgan fingerprint density at radius 1 is 1.07 bits per heavy atom. The van der Waals surface area contributed by atoms with Gasteiger partial charge in [0.05, 0.1) is 12.2 Å². The zero-order valence-corrected chi connectivity index (χ0v) is 18.2. The molecule has 6 nitrogen and oxygen atoms in total. The van der Waals surface area contributed by atoms with Crippen LogP contribution in [0.25, 0.3) is 0 Å². The maximum absolute atomic E-state index is 12.6. The Balaban J connectivity index is 1.98. The maximum atomic E-state index is 12.6. The predicted octanol–water partition coefficient (Wildman–Crippen LogP) is 3.74. The second-order valence-corrected chi connectivity index (χ2v) is 7.85. The van der Waals surface area contributed by atoms with Crippen LogP contribution in [0, 0.1) is 12.8 Å². The van der Waals surface area contributed by atoms with Crippen molar-refractivity contribution in [2.24, 2.45) is 5.92 Å². The van der Waals surface area contributed by atoms with Crippen molar-refractivity contribution in [2.45, 2.75) is 20.8 Å². The molecule has 0 heterocycles. The molecule has 148 valence electrons. The van der Waals surface area contributed by atoms with E-state index in [9.17, 15) is 9.59 Å². The molecule has 0 aromatic heterocycles. The van der Waals surface area contributed by atoms with E-state index in [-0.39, 0.29) is 11.0 Å². The van der Waals surface area contributed by atoms with Crippen LogP contribution in [-0.4, -0.2) is 23.5 Å². The number of hydrogen-bond donors (Lipinski definition) is 3. The van der Waals surface area contributed by atoms with Crippen molar-refractivity contribution in [1.29, 1.82) is 0 Å². The van der Waals surface area contributed by atoms with Crippen molar-refractivity contribution in [3.05, 3.63) is 63.6 Å². The van der Waals surface area contributed by atoms with Crippen LogP contribution in [0.15, 0.2) is 46.9 Å². The Morgan fingerprint density at radius 3 is 2.46 bits per heavy atom. The first kappa shape index (κ1) is 21.8. The first-order valence-corrected chi connectivity index (χ1v) is 9.87. The second kappa shape index (κ2) is 10.2. The van der Waals surface area contributed by atoms with Crippen LogP contribution in [0.5, 0.6) is 5.75 Å². The Bertz CT molecular complexity index is 887. The van der Waals surface area contributed by atoms with Gasteiger partial charge in [-0.1, -0.05) is 48.0 Å². The van der Waals surface area contributed by atoms with Gasteiger partial charge >= 0.3 is 0 Å². The Hall–Kier alpha value is -2.45. The van der Waals surface area contributed by atoms with Crippen molar-refractivity contribution in [1.82, 2.24) is 16.2 Å². The normalized spacial score (nSPS) is 10.3. The molecule has 0 aliphatic heterocycles. The van der Waals surface area contributed by atoms with Gasteiger partial charge in [-0.05, 0) is 54.9 Å². The first-order chi connectivity index (χ1) is 13.3. The zero-order valence-electron chi connectivity index (χ0n) is 15.8. The number of nitrogens with one attached hydrogen (secondary N) is 3. The second-order valence-electron chi connectivity index (χ2n) is 6.52. The van der Waals surface area contributed by atoms with Gasteiger partial charge in [0.15, 0.2) is 5.11 Å². The van der Waals surface area contributed by atoms with Crippen molar-refractivity contribution in [2.75, 3.05) is 6.61 Å². The molecule has 2 aromatic carbocycles. The fraction of sp³-hybridized carbons (Fsp3) is 0.250. The molecule has 0 aliphatic carbocycles. The smallest absolute Gasteiger partial charge is 0.269 e. The largest absolute Gasteiger partial charge is 0.492 e. The molecule has 2 aromatic rings. The lowest BCUT2D eigenvalue weighted by atomic mass is 10.1. The third kappa shape index (κ3) is 6.31. The number of ether oxygens (including phenoxy) is 1. The molecular weight excluding hydrogens is 442 g/mol. The van der Waals surface area contributed by atoms with Crippen LogP contribution in [0.4, 0.5) is 0 Å². The minimum absolute atomic E-state index is 0.0262. The van der Waals surface area contributed by atoms with E-state index in [1.807, 2.05) is 32.9 Å². The predicted molar refractivity (Wildman–Crippen MR) is 116 cm³/mol. The highest BCUT2D eigenvalue weighted by atomic mass is 79.9. The summed E-state index contributed by atoms with van der Waals surface area (Å²) in [6.07, 6.45) is 0. The standard InChI is InChI=1S/C20H22BrN3O3S/c1-12(2)11-27-17-9-8-14(21)10-16(17)18(25)22-20(28)24-23-19(26)15-7-5-4-6-13(15)3/h4-10,12H,11H2,1-3H3,(H,23,26)(H2,22,24,25,28). The van der Waals surface area contributed by atoms with Gasteiger partial charge < -0.3 is 4.74 Å². The quantitative estimate of drug-likeness (QED) is 0.464. The van der Waals surface area contributed by atoms with E-state index >= 15 is 0 Å². The summed E-state index contributed by atoms with van der Waals surface area (Å²) in [4.78, 5) is 24.8. The van der Waals surface area contributed by atoms with Crippen LogP contribution in [-0.2, 0) is 0 Å². The van der Waals surface area contributed by atoms with E-state index in [1.54, 1.807) is 30.3 Å². The molecule has 0 spiro atoms. The number of rotatable bonds is 5. The highest BCUT2D eigenvalue weighted by Crippen LogP contribution is 2.23. The summed E-state index contributed by atoms with van der Waals surface area (Å²) in [5.41, 5.74) is 6.70. The molecule has 0 fully saturated rings. The fourth-order valence-corrected chi connectivity index (χ4v) is 2.78. The third-order valence-electron chi connectivity index (χ3n) is 3.66. The van der Waals surface area contributed by atoms with Crippen molar-refractivity contribution >= 4 is 45.1 Å². The molecule has 0 unspecified atom stereocenters. The van der Waals surface area contributed by atoms with Gasteiger partial charge in [0, 0.05) is 10.0 Å². The van der Waals surface area contributed by atoms with Crippen molar-refractivity contribution in [3.63, 3.8) is 0 Å². The Morgan fingerprint density at radius 2 is 1.79 bits per heavy atom. The lowest BCUT2D eigenvalue weighted by Gasteiger charge is -2.15. The van der Waals surface area contributed by atoms with Gasteiger partial charge in [0.2, 0.25) is 0 Å². The molecule has 0 atom stereocenters. The van der Waals surface area contributed by atoms with E-state index in [1.165, 1.54) is 0 Å². The fourth-order valence-electron chi connectivity index (χ4n) is 2.27. The van der Waals surface area contributed by atoms with Gasteiger partial charge in [-0.25, -0.2) is 0 Å². The maximum Gasteiger partial charge on any atom is 0.269 e. The summed E-state index contributed by atoms with van der Waals surface area (Å²) in [7, 11) is 0. The number of aryl methyl sites for hydroxylation is 1. The average Bonchev–Trinajstić information content (AvgIpc) is 2.65. The van der Waals surface area contributed by atoms with Gasteiger partial charge in [-0.3, -0.25) is 25.8 Å². The molecule has 0 bridgehead atoms. The minimum Gasteiger partial charge on any atom is -0.492 e. The third-order valence-corrected chi connectivity index (χ3v) is 4.36. The van der Waals surface area contributed by atoms with Gasteiger partial charge in [0.25, 0.3) is 11.8 Å². The van der Waals surface area contributed by atoms with Crippen LogP contribution >= 0.6 is 28.1 Å². The number of benzene rings is 2. The summed E-state index contributed by atoms with van der Waals surface area (Å²) in [6, 6.07) is 12.3. The SMILES string of the molecule is Cc1ccccc1C(=O)NNC(=S)NC(=O)c1cc(Br)ccc1OCC(C)C. The highest BCUT2D eigenvalue weighted by Gasteiger charge is 2.16. The van der Waals surface area contributed by atoms with Crippen molar-refractivity contribution < 1.29 is 14.3 Å². The van der Waals surface area contributed by atoms with E-state index in [0.29, 0.717) is 29.4 Å². The summed E-state index contributed by atoms with van der Waals surface area (Å²) >= 11 is 8.46. The molecular formula is C20H22BrN3O3S. The van der Waals surface area contributed by atoms with Crippen LogP contribution in [0.1, 0.15) is 40.1 Å². The Kier molecular flexibility index (Phi) is 7.95. The molecule has 0 radical (unpaired) electrons. The summed E-state index contributed by atoms with van der Waals surface area (Å²) in [5, 5.41) is 2.51. The van der Waals surface area contributed by atoms with Crippen LogP contribution in [0.2, 0.25) is 0 Å². The lowest BCUT2D eigenvalue weighted by molar-refractivity contribution is 0.0933. The monoisotopic (exact) mass is 463 g/mol. The summed E-state index contributed by atoms with van der Waals surface area (Å²) in [6.45, 7) is 6.36. The van der Waals surface area contributed by atoms with E-state index in [4.69, 9.17) is 17.0 Å². The first-order valence-electron chi connectivity index (χ1n) is 8.67. The molecule has 2 amide bonds. The van der Waals surface area contributed by atoms with E-state index < -0.39 is 5.91 Å². The number of hydrogen-bond acceptors (Lipinski definition) is 4. The number of carbonyl (C=O) groups is 2. The van der Waals surface area contributed by atoms with Crippen molar-refractivity contribution in [3.8, 4) is 5.75 Å². The van der Waals surface area contributed by atoms with E-state index in [2.05, 4.69) is 32.1 Å². The summed E-state index contributed by atoms with van der Waals surface area (Å²) in [5.74, 6) is -0.0130. The minimum atomic E-state index is -0.442. The lowest BCUT2D eigenvalue weighted by Crippen LogP contribution is -2.48. The molecule has 3 N–H and O–H groups in total. The van der Waals surface area contributed by atoms with E-state index in [0.717, 1.165) is 10.0 Å². The summed E-state index contributed by atoms with van der Waals surface area (Å²) < 4.78 is 6.45. The molecule has 8 heteroatoms. The molecule has 0 saturated carbocycles. The molecule has 28 heavy (non-hydrogen) atoms. The number of carbonyl (C=O) groups excluding carboxylic acids is 2. The molecule has 0 aliphatic rings. The number of amides is 2. The average molecular weight is 464 g/mol. The highest BCUT2D eigenvalue weighted by molar-refractivity contribution is 9.10. The zero-order chi connectivity index (χ0) is 20.7. The van der Waals surface area contributed by atoms with Gasteiger partial charge in [-0.2, -0.15) is 0 Å². The Labute approximate surface area is 178 Å². The molecule has 0 saturated heterocycles.